The highest BCUT2D eigenvalue weighted by Gasteiger charge is 2.37. The van der Waals surface area contributed by atoms with Gasteiger partial charge in [0.2, 0.25) is 17.7 Å². The Morgan fingerprint density at radius 2 is 2.00 bits per heavy atom. The Labute approximate surface area is 167 Å². The number of ether oxygens (including phenoxy) is 1. The van der Waals surface area contributed by atoms with Crippen molar-refractivity contribution >= 4 is 17.9 Å². The maximum Gasteiger partial charge on any atom is 0.415 e. The van der Waals surface area contributed by atoms with Gasteiger partial charge < -0.3 is 14.6 Å². The quantitative estimate of drug-likeness (QED) is 0.671. The Morgan fingerprint density at radius 3 is 2.76 bits per heavy atom. The first-order chi connectivity index (χ1) is 14.0. The Hall–Kier alpha value is -3.56. The molecule has 150 valence electrons. The van der Waals surface area contributed by atoms with Gasteiger partial charge in [-0.3, -0.25) is 9.88 Å². The maximum atomic E-state index is 12.2. The number of anilines is 2. The number of amides is 1. The van der Waals surface area contributed by atoms with E-state index in [2.05, 4.69) is 30.4 Å². The third-order valence-electron chi connectivity index (χ3n) is 4.61. The molecular formula is C19H21N7O3. The number of aromatic nitrogens is 5. The van der Waals surface area contributed by atoms with Crippen LogP contribution >= 0.6 is 0 Å². The summed E-state index contributed by atoms with van der Waals surface area (Å²) in [5.74, 6) is 1.84. The van der Waals surface area contributed by atoms with Crippen LogP contribution in [-0.4, -0.2) is 43.8 Å². The lowest BCUT2D eigenvalue weighted by Crippen LogP contribution is -2.37. The molecule has 10 heteroatoms. The minimum atomic E-state index is -0.404. The molecular weight excluding hydrogens is 374 g/mol. The van der Waals surface area contributed by atoms with Crippen LogP contribution in [0.15, 0.2) is 41.2 Å². The summed E-state index contributed by atoms with van der Waals surface area (Å²) < 4.78 is 10.5. The van der Waals surface area contributed by atoms with E-state index in [1.165, 1.54) is 0 Å². The zero-order valence-electron chi connectivity index (χ0n) is 16.3. The lowest BCUT2D eigenvalue weighted by Gasteiger charge is -2.23. The molecule has 3 aromatic rings. The first-order valence-electron chi connectivity index (χ1n) is 9.33. The Balaban J connectivity index is 1.51. The van der Waals surface area contributed by atoms with Crippen LogP contribution < -0.4 is 10.2 Å². The molecule has 4 rings (SSSR count). The van der Waals surface area contributed by atoms with E-state index < -0.39 is 6.09 Å². The second-order valence-electron chi connectivity index (χ2n) is 7.03. The first-order valence-corrected chi connectivity index (χ1v) is 9.33. The second kappa shape index (κ2) is 7.82. The van der Waals surface area contributed by atoms with Gasteiger partial charge in [0.25, 0.3) is 0 Å². The number of carbonyl (C=O) groups excluding carboxylic acids is 1. The van der Waals surface area contributed by atoms with Crippen molar-refractivity contribution in [2.24, 2.45) is 5.92 Å². The average molecular weight is 395 g/mol. The number of hydrogen-bond acceptors (Lipinski definition) is 9. The van der Waals surface area contributed by atoms with Gasteiger partial charge in [-0.05, 0) is 31.0 Å². The van der Waals surface area contributed by atoms with Crippen molar-refractivity contribution in [3.05, 3.63) is 42.5 Å². The van der Waals surface area contributed by atoms with Crippen molar-refractivity contribution in [3.8, 4) is 11.5 Å². The van der Waals surface area contributed by atoms with Crippen LogP contribution in [0.4, 0.5) is 16.6 Å². The third-order valence-corrected chi connectivity index (χ3v) is 4.61. The largest absolute Gasteiger partial charge is 0.447 e. The zero-order valence-corrected chi connectivity index (χ0v) is 16.3. The van der Waals surface area contributed by atoms with Crippen LogP contribution in [0.1, 0.15) is 32.7 Å². The molecule has 1 saturated heterocycles. The van der Waals surface area contributed by atoms with E-state index in [4.69, 9.17) is 9.26 Å². The van der Waals surface area contributed by atoms with Crippen LogP contribution in [-0.2, 0) is 4.74 Å². The fourth-order valence-corrected chi connectivity index (χ4v) is 3.01. The smallest absolute Gasteiger partial charge is 0.415 e. The third kappa shape index (κ3) is 3.86. The molecule has 1 N–H and O–H groups in total. The summed E-state index contributed by atoms with van der Waals surface area (Å²) in [7, 11) is 0. The van der Waals surface area contributed by atoms with Crippen LogP contribution in [0.25, 0.3) is 11.5 Å². The lowest BCUT2D eigenvalue weighted by molar-refractivity contribution is 0.177. The molecule has 0 aromatic carbocycles. The van der Waals surface area contributed by atoms with E-state index in [0.717, 1.165) is 0 Å². The summed E-state index contributed by atoms with van der Waals surface area (Å²) in [6.07, 6.45) is 2.85. The van der Waals surface area contributed by atoms with Crippen molar-refractivity contribution in [2.45, 2.75) is 32.9 Å². The Bertz CT molecular complexity index is 992. The summed E-state index contributed by atoms with van der Waals surface area (Å²) in [6, 6.07) is 6.75. The Kier molecular flexibility index (Phi) is 5.07. The predicted molar refractivity (Wildman–Crippen MR) is 104 cm³/mol. The highest BCUT2D eigenvalue weighted by Crippen LogP contribution is 2.26. The van der Waals surface area contributed by atoms with Crippen LogP contribution in [0, 0.1) is 5.92 Å². The standard InChI is InChI=1S/C19H21N7O3/c1-11(2)14-10-28-19(27)26(14)15-7-9-21-18(23-15)22-12(3)17-24-16(25-29-17)13-6-4-5-8-20-13/h4-9,11-12,14H,10H2,1-3H3,(H,21,22,23). The number of nitrogens with zero attached hydrogens (tertiary/aromatic N) is 6. The fourth-order valence-electron chi connectivity index (χ4n) is 3.01. The topological polar surface area (TPSA) is 119 Å². The van der Waals surface area contributed by atoms with Gasteiger partial charge in [0, 0.05) is 12.4 Å². The molecule has 0 radical (unpaired) electrons. The van der Waals surface area contributed by atoms with Crippen molar-refractivity contribution in [1.82, 2.24) is 25.1 Å². The number of nitrogens with one attached hydrogen (secondary N) is 1. The summed E-state index contributed by atoms with van der Waals surface area (Å²) in [4.78, 5) is 31.0. The van der Waals surface area contributed by atoms with Gasteiger partial charge in [0.05, 0.1) is 6.04 Å². The molecule has 29 heavy (non-hydrogen) atoms. The SMILES string of the molecule is CC(Nc1nccc(N2C(=O)OCC2C(C)C)n1)c1nc(-c2ccccn2)no1. The molecule has 0 saturated carbocycles. The van der Waals surface area contributed by atoms with E-state index >= 15 is 0 Å². The number of pyridine rings is 1. The number of carbonyl (C=O) groups is 1. The van der Waals surface area contributed by atoms with Crippen molar-refractivity contribution in [3.63, 3.8) is 0 Å². The van der Waals surface area contributed by atoms with Crippen molar-refractivity contribution in [1.29, 1.82) is 0 Å². The summed E-state index contributed by atoms with van der Waals surface area (Å²) in [5.41, 5.74) is 0.625. The van der Waals surface area contributed by atoms with Crippen molar-refractivity contribution in [2.75, 3.05) is 16.8 Å². The molecule has 2 unspecified atom stereocenters. The summed E-state index contributed by atoms with van der Waals surface area (Å²) >= 11 is 0. The van der Waals surface area contributed by atoms with Gasteiger partial charge in [-0.25, -0.2) is 9.78 Å². The molecule has 1 aliphatic rings. The van der Waals surface area contributed by atoms with Gasteiger partial charge >= 0.3 is 6.09 Å². The lowest BCUT2D eigenvalue weighted by atomic mass is 10.0. The van der Waals surface area contributed by atoms with Crippen molar-refractivity contribution < 1.29 is 14.1 Å². The number of hydrogen-bond donors (Lipinski definition) is 1. The van der Waals surface area contributed by atoms with Gasteiger partial charge in [-0.15, -0.1) is 0 Å². The van der Waals surface area contributed by atoms with E-state index in [-0.39, 0.29) is 18.0 Å². The summed E-state index contributed by atoms with van der Waals surface area (Å²) in [5, 5.41) is 7.10. The zero-order chi connectivity index (χ0) is 20.4. The molecule has 0 spiro atoms. The monoisotopic (exact) mass is 395 g/mol. The van der Waals surface area contributed by atoms with E-state index in [9.17, 15) is 4.79 Å². The first kappa shape index (κ1) is 18.8. The molecule has 1 aliphatic heterocycles. The predicted octanol–water partition coefficient (Wildman–Crippen LogP) is 3.08. The second-order valence-corrected chi connectivity index (χ2v) is 7.03. The molecule has 1 fully saturated rings. The van der Waals surface area contributed by atoms with E-state index in [1.54, 1.807) is 29.4 Å². The highest BCUT2D eigenvalue weighted by molar-refractivity contribution is 5.89. The number of rotatable bonds is 6. The molecule has 0 bridgehead atoms. The van der Waals surface area contributed by atoms with Gasteiger partial charge in [0.15, 0.2) is 0 Å². The molecule has 2 atom stereocenters. The minimum absolute atomic E-state index is 0.0699. The normalized spacial score (nSPS) is 17.4. The van der Waals surface area contributed by atoms with Gasteiger partial charge in [-0.2, -0.15) is 9.97 Å². The highest BCUT2D eigenvalue weighted by atomic mass is 16.6. The van der Waals surface area contributed by atoms with Crippen LogP contribution in [0.3, 0.4) is 0 Å². The average Bonchev–Trinajstić information content (AvgIpc) is 3.36. The maximum absolute atomic E-state index is 12.2. The van der Waals surface area contributed by atoms with Crippen LogP contribution in [0.5, 0.6) is 0 Å². The van der Waals surface area contributed by atoms with E-state index in [1.807, 2.05) is 32.9 Å². The fraction of sp³-hybridized carbons (Fsp3) is 0.368. The minimum Gasteiger partial charge on any atom is -0.447 e. The molecule has 10 nitrogen and oxygen atoms in total. The summed E-state index contributed by atoms with van der Waals surface area (Å²) in [6.45, 7) is 6.28. The molecule has 0 aliphatic carbocycles. The van der Waals surface area contributed by atoms with Gasteiger partial charge in [0.1, 0.15) is 24.2 Å². The molecule has 4 heterocycles. The van der Waals surface area contributed by atoms with Gasteiger partial charge in [-0.1, -0.05) is 25.1 Å². The molecule has 3 aromatic heterocycles. The van der Waals surface area contributed by atoms with E-state index in [0.29, 0.717) is 35.8 Å². The molecule has 1 amide bonds. The van der Waals surface area contributed by atoms with Crippen LogP contribution in [0.2, 0.25) is 0 Å². The number of cyclic esters (lactones) is 1. The Morgan fingerprint density at radius 1 is 1.14 bits per heavy atom.